The molecular formula is C30H21F2N5O2S. The predicted molar refractivity (Wildman–Crippen MR) is 150 cm³/mol. The molecule has 6 rings (SSSR count). The van der Waals surface area contributed by atoms with Gasteiger partial charge >= 0.3 is 0 Å². The van der Waals surface area contributed by atoms with E-state index in [4.69, 9.17) is 5.73 Å². The van der Waals surface area contributed by atoms with E-state index in [-0.39, 0.29) is 22.1 Å². The van der Waals surface area contributed by atoms with Gasteiger partial charge in [0.25, 0.3) is 10.0 Å². The van der Waals surface area contributed by atoms with E-state index >= 15 is 0 Å². The van der Waals surface area contributed by atoms with Crippen LogP contribution in [0.3, 0.4) is 0 Å². The van der Waals surface area contributed by atoms with Crippen molar-refractivity contribution < 1.29 is 17.2 Å². The zero-order valence-corrected chi connectivity index (χ0v) is 21.9. The van der Waals surface area contributed by atoms with Crippen molar-refractivity contribution in [2.24, 2.45) is 0 Å². The van der Waals surface area contributed by atoms with Crippen LogP contribution in [0.5, 0.6) is 0 Å². The zero-order chi connectivity index (χ0) is 28.0. The van der Waals surface area contributed by atoms with Crippen LogP contribution in [0.15, 0.2) is 102 Å². The number of aromatic nitrogens is 4. The Morgan fingerprint density at radius 3 is 2.15 bits per heavy atom. The lowest BCUT2D eigenvalue weighted by Crippen LogP contribution is -2.14. The number of fused-ring (bicyclic) bond motifs is 1. The molecule has 6 aromatic rings. The molecular weight excluding hydrogens is 532 g/mol. The van der Waals surface area contributed by atoms with Crippen LogP contribution < -0.4 is 5.73 Å². The molecule has 0 bridgehead atoms. The molecule has 0 amide bonds. The number of aryl methyl sites for hydroxylation is 1. The van der Waals surface area contributed by atoms with Gasteiger partial charge in [-0.1, -0.05) is 30.3 Å². The molecule has 0 fully saturated rings. The SMILES string of the molecule is Cc1cc(-c2cnc(N)nc2)ncc1-c1ccc2c(c1)cc(-c1c(F)cccc1F)n2S(=O)(=O)c1ccccc1. The Morgan fingerprint density at radius 1 is 0.775 bits per heavy atom. The number of nitrogens with two attached hydrogens (primary N) is 1. The van der Waals surface area contributed by atoms with Gasteiger partial charge in [-0.3, -0.25) is 4.98 Å². The van der Waals surface area contributed by atoms with E-state index in [0.717, 1.165) is 32.8 Å². The van der Waals surface area contributed by atoms with Crippen molar-refractivity contribution in [3.05, 3.63) is 115 Å². The van der Waals surface area contributed by atoms with Crippen molar-refractivity contribution in [2.45, 2.75) is 11.8 Å². The molecule has 40 heavy (non-hydrogen) atoms. The molecule has 7 nitrogen and oxygen atoms in total. The van der Waals surface area contributed by atoms with Gasteiger partial charge in [0.1, 0.15) is 11.6 Å². The highest BCUT2D eigenvalue weighted by molar-refractivity contribution is 7.90. The second-order valence-electron chi connectivity index (χ2n) is 9.20. The molecule has 3 aromatic heterocycles. The number of hydrogen-bond donors (Lipinski definition) is 1. The van der Waals surface area contributed by atoms with Gasteiger partial charge in [-0.05, 0) is 66.6 Å². The van der Waals surface area contributed by atoms with Crippen LogP contribution in [-0.4, -0.2) is 27.3 Å². The molecule has 0 spiro atoms. The molecule has 0 saturated heterocycles. The van der Waals surface area contributed by atoms with Crippen molar-refractivity contribution in [3.63, 3.8) is 0 Å². The lowest BCUT2D eigenvalue weighted by Gasteiger charge is -2.13. The van der Waals surface area contributed by atoms with E-state index in [1.165, 1.54) is 24.3 Å². The molecule has 0 unspecified atom stereocenters. The summed E-state index contributed by atoms with van der Waals surface area (Å²) in [6, 6.07) is 19.8. The average molecular weight is 554 g/mol. The molecule has 0 aliphatic rings. The third-order valence-corrected chi connectivity index (χ3v) is 8.39. The fourth-order valence-electron chi connectivity index (χ4n) is 4.72. The van der Waals surface area contributed by atoms with Crippen LogP contribution >= 0.6 is 0 Å². The van der Waals surface area contributed by atoms with E-state index in [9.17, 15) is 17.2 Å². The van der Waals surface area contributed by atoms with Gasteiger partial charge in [0.2, 0.25) is 5.95 Å². The average Bonchev–Trinajstić information content (AvgIpc) is 3.33. The lowest BCUT2D eigenvalue weighted by molar-refractivity contribution is 0.583. The third kappa shape index (κ3) is 4.28. The Hall–Kier alpha value is -4.96. The van der Waals surface area contributed by atoms with Gasteiger partial charge in [-0.15, -0.1) is 0 Å². The van der Waals surface area contributed by atoms with E-state index in [1.54, 1.807) is 55.0 Å². The Balaban J connectivity index is 1.54. The first-order chi connectivity index (χ1) is 19.2. The summed E-state index contributed by atoms with van der Waals surface area (Å²) < 4.78 is 58.6. The lowest BCUT2D eigenvalue weighted by atomic mass is 10.00. The normalized spacial score (nSPS) is 11.7. The van der Waals surface area contributed by atoms with Crippen molar-refractivity contribution in [3.8, 4) is 33.6 Å². The van der Waals surface area contributed by atoms with E-state index < -0.39 is 27.2 Å². The summed E-state index contributed by atoms with van der Waals surface area (Å²) in [5.74, 6) is -1.56. The minimum absolute atomic E-state index is 0.00291. The maximum absolute atomic E-state index is 15.0. The second kappa shape index (κ2) is 9.65. The highest BCUT2D eigenvalue weighted by Gasteiger charge is 2.27. The second-order valence-corrected chi connectivity index (χ2v) is 11.0. The van der Waals surface area contributed by atoms with Crippen LogP contribution in [0.2, 0.25) is 0 Å². The molecule has 0 saturated carbocycles. The Kier molecular flexibility index (Phi) is 6.11. The summed E-state index contributed by atoms with van der Waals surface area (Å²) in [6.45, 7) is 1.92. The standard InChI is InChI=1S/C30H21F2N5O2S/c1-18-12-26(21-15-35-30(33)36-16-21)34-17-23(18)19-10-11-27-20(13-19)14-28(29-24(31)8-5-9-25(29)32)37(27)40(38,39)22-6-3-2-4-7-22/h2-17H,1H3,(H2,33,35,36). The fourth-order valence-corrected chi connectivity index (χ4v) is 6.26. The van der Waals surface area contributed by atoms with Crippen LogP contribution in [0, 0.1) is 18.6 Å². The molecule has 0 atom stereocenters. The minimum atomic E-state index is -4.21. The van der Waals surface area contributed by atoms with Crippen LogP contribution in [0.4, 0.5) is 14.7 Å². The zero-order valence-electron chi connectivity index (χ0n) is 21.1. The number of halogens is 2. The predicted octanol–water partition coefficient (Wildman–Crippen LogP) is 6.23. The Morgan fingerprint density at radius 2 is 1.48 bits per heavy atom. The van der Waals surface area contributed by atoms with Gasteiger partial charge in [-0.25, -0.2) is 31.1 Å². The summed E-state index contributed by atoms with van der Waals surface area (Å²) in [5.41, 5.74) is 9.17. The largest absolute Gasteiger partial charge is 0.368 e. The molecule has 3 aromatic carbocycles. The number of nitrogens with zero attached hydrogens (tertiary/aromatic N) is 4. The molecule has 0 aliphatic heterocycles. The molecule has 0 aliphatic carbocycles. The van der Waals surface area contributed by atoms with Crippen LogP contribution in [0.25, 0.3) is 44.5 Å². The van der Waals surface area contributed by atoms with Crippen molar-refractivity contribution in [2.75, 3.05) is 5.73 Å². The van der Waals surface area contributed by atoms with Crippen molar-refractivity contribution >= 4 is 26.9 Å². The van der Waals surface area contributed by atoms with Gasteiger partial charge in [-0.2, -0.15) is 0 Å². The Labute approximate surface area is 228 Å². The van der Waals surface area contributed by atoms with E-state index in [1.807, 2.05) is 13.0 Å². The number of hydrogen-bond acceptors (Lipinski definition) is 6. The molecule has 198 valence electrons. The first kappa shape index (κ1) is 25.3. The quantitative estimate of drug-likeness (QED) is 0.271. The van der Waals surface area contributed by atoms with Gasteiger partial charge in [0, 0.05) is 35.1 Å². The monoisotopic (exact) mass is 553 g/mol. The summed E-state index contributed by atoms with van der Waals surface area (Å²) in [5, 5.41) is 0.491. The van der Waals surface area contributed by atoms with Crippen molar-refractivity contribution in [1.82, 2.24) is 18.9 Å². The van der Waals surface area contributed by atoms with E-state index in [2.05, 4.69) is 15.0 Å². The van der Waals surface area contributed by atoms with E-state index in [0.29, 0.717) is 16.6 Å². The molecule has 0 radical (unpaired) electrons. The summed E-state index contributed by atoms with van der Waals surface area (Å²) >= 11 is 0. The van der Waals surface area contributed by atoms with Gasteiger partial charge in [0.15, 0.2) is 0 Å². The maximum Gasteiger partial charge on any atom is 0.268 e. The Bertz CT molecular complexity index is 1990. The topological polar surface area (TPSA) is 104 Å². The number of nitrogen functional groups attached to an aromatic ring is 1. The summed E-state index contributed by atoms with van der Waals surface area (Å²) in [7, 11) is -4.21. The van der Waals surface area contributed by atoms with Crippen LogP contribution in [0.1, 0.15) is 5.56 Å². The number of pyridine rings is 1. The number of rotatable bonds is 5. The fraction of sp³-hybridized carbons (Fsp3) is 0.0333. The minimum Gasteiger partial charge on any atom is -0.368 e. The first-order valence-electron chi connectivity index (χ1n) is 12.2. The van der Waals surface area contributed by atoms with Gasteiger partial charge in [0.05, 0.1) is 27.4 Å². The smallest absolute Gasteiger partial charge is 0.268 e. The van der Waals surface area contributed by atoms with Gasteiger partial charge < -0.3 is 5.73 Å². The highest BCUT2D eigenvalue weighted by Crippen LogP contribution is 2.37. The molecule has 3 heterocycles. The molecule has 10 heteroatoms. The highest BCUT2D eigenvalue weighted by atomic mass is 32.2. The first-order valence-corrected chi connectivity index (χ1v) is 13.6. The maximum atomic E-state index is 15.0. The summed E-state index contributed by atoms with van der Waals surface area (Å²) in [6.07, 6.45) is 4.89. The van der Waals surface area contributed by atoms with Crippen molar-refractivity contribution in [1.29, 1.82) is 0 Å². The third-order valence-electron chi connectivity index (χ3n) is 6.65. The number of anilines is 1. The van der Waals surface area contributed by atoms with Crippen LogP contribution in [-0.2, 0) is 10.0 Å². The summed E-state index contributed by atoms with van der Waals surface area (Å²) in [4.78, 5) is 12.6. The molecule has 2 N–H and O–H groups in total. The number of benzene rings is 3.